The van der Waals surface area contributed by atoms with Crippen molar-refractivity contribution in [2.24, 2.45) is 17.8 Å². The van der Waals surface area contributed by atoms with Crippen LogP contribution in [0.1, 0.15) is 32.1 Å². The minimum atomic E-state index is -0.280. The highest BCUT2D eigenvalue weighted by atomic mass is 16.3. The van der Waals surface area contributed by atoms with Gasteiger partial charge in [-0.15, -0.1) is 0 Å². The van der Waals surface area contributed by atoms with Gasteiger partial charge >= 0.3 is 0 Å². The maximum absolute atomic E-state index is 10.2. The fourth-order valence-corrected chi connectivity index (χ4v) is 3.84. The first-order valence-corrected chi connectivity index (χ1v) is 5.07. The Labute approximate surface area is 73.5 Å². The van der Waals surface area contributed by atoms with Gasteiger partial charge in [-0.2, -0.15) is 0 Å². The van der Waals surface area contributed by atoms with Crippen molar-refractivity contribution in [2.45, 2.75) is 37.7 Å². The first-order chi connectivity index (χ1) is 5.66. The van der Waals surface area contributed by atoms with Crippen molar-refractivity contribution in [3.63, 3.8) is 0 Å². The zero-order chi connectivity index (χ0) is 8.34. The number of allylic oxidation sites excluding steroid dienone is 1. The first kappa shape index (κ1) is 7.14. The lowest BCUT2D eigenvalue weighted by Crippen LogP contribution is -2.51. The molecule has 4 saturated carbocycles. The van der Waals surface area contributed by atoms with Gasteiger partial charge in [0.05, 0.1) is 5.60 Å². The van der Waals surface area contributed by atoms with Crippen LogP contribution < -0.4 is 0 Å². The topological polar surface area (TPSA) is 20.2 Å². The number of aliphatic hydroxyl groups is 1. The van der Waals surface area contributed by atoms with E-state index < -0.39 is 0 Å². The second-order valence-electron chi connectivity index (χ2n) is 5.14. The van der Waals surface area contributed by atoms with E-state index in [-0.39, 0.29) is 5.60 Å². The Kier molecular flexibility index (Phi) is 1.16. The van der Waals surface area contributed by atoms with E-state index in [2.05, 4.69) is 6.58 Å². The summed E-state index contributed by atoms with van der Waals surface area (Å²) in [4.78, 5) is 0. The molecule has 0 amide bonds. The average Bonchev–Trinajstić information content (AvgIpc) is 1.96. The molecule has 1 heteroatoms. The van der Waals surface area contributed by atoms with Gasteiger partial charge in [-0.3, -0.25) is 0 Å². The van der Waals surface area contributed by atoms with E-state index in [0.717, 1.165) is 25.2 Å². The molecule has 2 unspecified atom stereocenters. The lowest BCUT2D eigenvalue weighted by molar-refractivity contribution is -0.0996. The molecule has 1 nitrogen and oxygen atoms in total. The summed E-state index contributed by atoms with van der Waals surface area (Å²) in [7, 11) is 0. The molecule has 1 N–H and O–H groups in total. The Morgan fingerprint density at radius 3 is 2.25 bits per heavy atom. The maximum Gasteiger partial charge on any atom is 0.0661 e. The third-order valence-corrected chi connectivity index (χ3v) is 4.21. The lowest BCUT2D eigenvalue weighted by atomic mass is 9.52. The molecule has 0 radical (unpaired) electrons. The molecule has 0 aliphatic heterocycles. The Balaban J connectivity index is 2.00. The van der Waals surface area contributed by atoms with Crippen LogP contribution in [0.5, 0.6) is 0 Å². The van der Waals surface area contributed by atoms with Crippen LogP contribution in [0.2, 0.25) is 0 Å². The quantitative estimate of drug-likeness (QED) is 0.544. The highest BCUT2D eigenvalue weighted by Gasteiger charge is 2.51. The number of hydrogen-bond donors (Lipinski definition) is 1. The molecule has 4 bridgehead atoms. The minimum absolute atomic E-state index is 0.280. The Hall–Kier alpha value is -0.300. The predicted molar refractivity (Wildman–Crippen MR) is 47.6 cm³/mol. The predicted octanol–water partition coefficient (Wildman–Crippen LogP) is 2.11. The van der Waals surface area contributed by atoms with Crippen molar-refractivity contribution in [2.75, 3.05) is 0 Å². The van der Waals surface area contributed by atoms with Gasteiger partial charge < -0.3 is 5.11 Å². The molecule has 12 heavy (non-hydrogen) atoms. The number of rotatable bonds is 0. The second kappa shape index (κ2) is 1.95. The smallest absolute Gasteiger partial charge is 0.0661 e. The van der Waals surface area contributed by atoms with E-state index in [9.17, 15) is 5.11 Å². The molecule has 4 rings (SSSR count). The summed E-state index contributed by atoms with van der Waals surface area (Å²) in [5.41, 5.74) is 1.17. The van der Waals surface area contributed by atoms with Gasteiger partial charge in [-0.05, 0) is 49.9 Å². The molecule has 4 fully saturated rings. The Morgan fingerprint density at radius 2 is 1.75 bits per heavy atom. The largest absolute Gasteiger partial charge is 0.390 e. The molecule has 66 valence electrons. The third kappa shape index (κ3) is 0.779. The maximum atomic E-state index is 10.2. The number of hydrogen-bond acceptors (Lipinski definition) is 1. The van der Waals surface area contributed by atoms with Crippen LogP contribution in [0.4, 0.5) is 0 Å². The summed E-state index contributed by atoms with van der Waals surface area (Å²) in [6, 6.07) is 0. The lowest BCUT2D eigenvalue weighted by Gasteiger charge is -2.55. The van der Waals surface area contributed by atoms with Crippen molar-refractivity contribution in [1.82, 2.24) is 0 Å². The summed E-state index contributed by atoms with van der Waals surface area (Å²) in [5, 5.41) is 10.2. The first-order valence-electron chi connectivity index (χ1n) is 5.07. The van der Waals surface area contributed by atoms with E-state index in [1.165, 1.54) is 18.4 Å². The molecule has 0 spiro atoms. The van der Waals surface area contributed by atoms with Gasteiger partial charge in [0.25, 0.3) is 0 Å². The standard InChI is InChI=1S/C11H16O/c1-7-9-2-8-3-10(7)6-11(12,4-8)5-9/h8-10,12H,1-6H2. The van der Waals surface area contributed by atoms with Crippen molar-refractivity contribution >= 4 is 0 Å². The van der Waals surface area contributed by atoms with Crippen LogP contribution in [0.3, 0.4) is 0 Å². The summed E-state index contributed by atoms with van der Waals surface area (Å²) < 4.78 is 0. The Bertz CT molecular complexity index is 225. The molecule has 4 aliphatic carbocycles. The van der Waals surface area contributed by atoms with Crippen molar-refractivity contribution in [3.8, 4) is 0 Å². The van der Waals surface area contributed by atoms with E-state index in [0.29, 0.717) is 11.8 Å². The van der Waals surface area contributed by atoms with Crippen LogP contribution in [-0.4, -0.2) is 10.7 Å². The molecule has 0 aromatic carbocycles. The second-order valence-corrected chi connectivity index (χ2v) is 5.14. The molecule has 2 atom stereocenters. The molecule has 0 heterocycles. The molecular weight excluding hydrogens is 148 g/mol. The van der Waals surface area contributed by atoms with Gasteiger partial charge in [0.15, 0.2) is 0 Å². The normalized spacial score (nSPS) is 56.4. The van der Waals surface area contributed by atoms with E-state index in [1.807, 2.05) is 0 Å². The summed E-state index contributed by atoms with van der Waals surface area (Å²) in [6.45, 7) is 4.17. The van der Waals surface area contributed by atoms with Crippen LogP contribution in [0, 0.1) is 17.8 Å². The molecule has 0 saturated heterocycles. The highest BCUT2D eigenvalue weighted by molar-refractivity contribution is 5.20. The fourth-order valence-electron chi connectivity index (χ4n) is 3.84. The molecule has 0 aromatic heterocycles. The van der Waals surface area contributed by atoms with Crippen LogP contribution >= 0.6 is 0 Å². The third-order valence-electron chi connectivity index (χ3n) is 4.21. The van der Waals surface area contributed by atoms with Gasteiger partial charge in [0, 0.05) is 0 Å². The van der Waals surface area contributed by atoms with Crippen molar-refractivity contribution < 1.29 is 5.11 Å². The average molecular weight is 164 g/mol. The SMILES string of the molecule is C=C1C2CC3CC1CC(O)(C3)C2. The van der Waals surface area contributed by atoms with E-state index in [1.54, 1.807) is 0 Å². The summed E-state index contributed by atoms with van der Waals surface area (Å²) in [5.74, 6) is 2.15. The van der Waals surface area contributed by atoms with E-state index >= 15 is 0 Å². The Morgan fingerprint density at radius 1 is 1.17 bits per heavy atom. The molecule has 0 aromatic rings. The zero-order valence-electron chi connectivity index (χ0n) is 7.42. The van der Waals surface area contributed by atoms with Crippen molar-refractivity contribution in [3.05, 3.63) is 12.2 Å². The fraction of sp³-hybridized carbons (Fsp3) is 0.818. The van der Waals surface area contributed by atoms with Crippen LogP contribution in [0.15, 0.2) is 12.2 Å². The molecule has 4 aliphatic rings. The van der Waals surface area contributed by atoms with E-state index in [4.69, 9.17) is 0 Å². The highest BCUT2D eigenvalue weighted by Crippen LogP contribution is 2.57. The van der Waals surface area contributed by atoms with Crippen LogP contribution in [0.25, 0.3) is 0 Å². The minimum Gasteiger partial charge on any atom is -0.390 e. The van der Waals surface area contributed by atoms with Crippen molar-refractivity contribution in [1.29, 1.82) is 0 Å². The zero-order valence-corrected chi connectivity index (χ0v) is 7.42. The van der Waals surface area contributed by atoms with Gasteiger partial charge in [0.2, 0.25) is 0 Å². The summed E-state index contributed by atoms with van der Waals surface area (Å²) in [6.07, 6.45) is 5.74. The van der Waals surface area contributed by atoms with Gasteiger partial charge in [0.1, 0.15) is 0 Å². The van der Waals surface area contributed by atoms with Gasteiger partial charge in [-0.1, -0.05) is 12.2 Å². The summed E-state index contributed by atoms with van der Waals surface area (Å²) >= 11 is 0. The molecular formula is C11H16O. The van der Waals surface area contributed by atoms with Gasteiger partial charge in [-0.25, -0.2) is 0 Å². The van der Waals surface area contributed by atoms with Crippen LogP contribution in [-0.2, 0) is 0 Å². The monoisotopic (exact) mass is 164 g/mol.